The van der Waals surface area contributed by atoms with Gasteiger partial charge in [0.05, 0.1) is 0 Å². The number of aliphatic hydroxyl groups excluding tert-OH is 1. The number of benzene rings is 2. The van der Waals surface area contributed by atoms with Crippen molar-refractivity contribution in [3.05, 3.63) is 89.9 Å². The van der Waals surface area contributed by atoms with Crippen LogP contribution in [0.1, 0.15) is 11.1 Å². The molecule has 0 aliphatic rings. The molecule has 2 aromatic heterocycles. The Morgan fingerprint density at radius 1 is 1.00 bits per heavy atom. The van der Waals surface area contributed by atoms with Crippen LogP contribution in [0.5, 0.6) is 0 Å². The molecule has 0 aliphatic heterocycles. The number of hydrogen-bond donors (Lipinski definition) is 3. The standard InChI is InChI=1S/C22H15F2N3O/c23-19-3-1-2-15(21(19)24)17(11-25)22(28)18-12-27-20-5-4-14(10-16(18)20)13-6-8-26-9-7-13/h1-12,25,27-28H/b22-17+,25-11?. The van der Waals surface area contributed by atoms with Gasteiger partial charge >= 0.3 is 0 Å². The van der Waals surface area contributed by atoms with Gasteiger partial charge in [-0.1, -0.05) is 18.2 Å². The molecule has 3 N–H and O–H groups in total. The third kappa shape index (κ3) is 2.95. The van der Waals surface area contributed by atoms with Gasteiger partial charge in [-0.25, -0.2) is 8.78 Å². The van der Waals surface area contributed by atoms with E-state index in [-0.39, 0.29) is 16.9 Å². The van der Waals surface area contributed by atoms with Crippen LogP contribution in [0, 0.1) is 17.0 Å². The summed E-state index contributed by atoms with van der Waals surface area (Å²) in [5.41, 5.74) is 2.75. The zero-order valence-corrected chi connectivity index (χ0v) is 14.6. The molecule has 0 saturated carbocycles. The number of aliphatic hydroxyl groups is 1. The van der Waals surface area contributed by atoms with Crippen molar-refractivity contribution in [1.82, 2.24) is 9.97 Å². The zero-order valence-electron chi connectivity index (χ0n) is 14.6. The highest BCUT2D eigenvalue weighted by atomic mass is 19.2. The van der Waals surface area contributed by atoms with Crippen LogP contribution < -0.4 is 0 Å². The first kappa shape index (κ1) is 17.6. The minimum Gasteiger partial charge on any atom is -0.507 e. The Kier molecular flexibility index (Phi) is 4.45. The lowest BCUT2D eigenvalue weighted by atomic mass is 9.99. The number of aromatic amines is 1. The molecule has 4 nitrogen and oxygen atoms in total. The van der Waals surface area contributed by atoms with E-state index >= 15 is 0 Å². The number of H-pyrrole nitrogens is 1. The Hall–Kier alpha value is -3.80. The van der Waals surface area contributed by atoms with Crippen LogP contribution in [0.25, 0.3) is 33.4 Å². The summed E-state index contributed by atoms with van der Waals surface area (Å²) in [6.45, 7) is 0. The van der Waals surface area contributed by atoms with Crippen LogP contribution >= 0.6 is 0 Å². The summed E-state index contributed by atoms with van der Waals surface area (Å²) in [5, 5.41) is 19.1. The fourth-order valence-electron chi connectivity index (χ4n) is 3.17. The van der Waals surface area contributed by atoms with Crippen LogP contribution in [0.15, 0.2) is 67.1 Å². The summed E-state index contributed by atoms with van der Waals surface area (Å²) in [7, 11) is 0. The smallest absolute Gasteiger partial charge is 0.166 e. The van der Waals surface area contributed by atoms with Crippen molar-refractivity contribution in [3.8, 4) is 11.1 Å². The number of aromatic nitrogens is 2. The summed E-state index contributed by atoms with van der Waals surface area (Å²) in [4.78, 5) is 7.06. The Morgan fingerprint density at radius 3 is 2.54 bits per heavy atom. The van der Waals surface area contributed by atoms with Gasteiger partial charge in [0.25, 0.3) is 0 Å². The zero-order chi connectivity index (χ0) is 19.7. The quantitative estimate of drug-likeness (QED) is 0.322. The number of halogens is 2. The molecule has 0 spiro atoms. The lowest BCUT2D eigenvalue weighted by Crippen LogP contribution is -1.98. The Morgan fingerprint density at radius 2 is 1.79 bits per heavy atom. The fraction of sp³-hybridized carbons (Fsp3) is 0. The van der Waals surface area contributed by atoms with Gasteiger partial charge in [0.1, 0.15) is 5.76 Å². The average Bonchev–Trinajstić information content (AvgIpc) is 3.15. The number of hydrogen-bond acceptors (Lipinski definition) is 3. The molecule has 28 heavy (non-hydrogen) atoms. The molecule has 138 valence electrons. The van der Waals surface area contributed by atoms with Crippen molar-refractivity contribution in [3.63, 3.8) is 0 Å². The Labute approximate surface area is 159 Å². The molecule has 2 aromatic carbocycles. The molecule has 2 heterocycles. The lowest BCUT2D eigenvalue weighted by molar-refractivity contribution is 0.503. The van der Waals surface area contributed by atoms with Crippen LogP contribution in [0.3, 0.4) is 0 Å². The van der Waals surface area contributed by atoms with E-state index < -0.39 is 11.6 Å². The Bertz CT molecular complexity index is 1210. The van der Waals surface area contributed by atoms with E-state index in [1.807, 2.05) is 30.3 Å². The topological polar surface area (TPSA) is 72.8 Å². The number of rotatable bonds is 4. The van der Waals surface area contributed by atoms with Gasteiger partial charge in [0.2, 0.25) is 0 Å². The van der Waals surface area contributed by atoms with Crippen molar-refractivity contribution < 1.29 is 13.9 Å². The molecule has 4 rings (SSSR count). The normalized spacial score (nSPS) is 12.1. The molecule has 0 saturated heterocycles. The summed E-state index contributed by atoms with van der Waals surface area (Å²) in [6.07, 6.45) is 5.78. The fourth-order valence-corrected chi connectivity index (χ4v) is 3.17. The lowest BCUT2D eigenvalue weighted by Gasteiger charge is -2.08. The average molecular weight is 375 g/mol. The SMILES string of the molecule is N=C/C(=C(\O)c1c[nH]c2ccc(-c3ccncc3)cc12)c1cccc(F)c1F. The molecule has 0 atom stereocenters. The first-order valence-corrected chi connectivity index (χ1v) is 8.50. The van der Waals surface area contributed by atoms with Crippen molar-refractivity contribution in [2.75, 3.05) is 0 Å². The number of pyridine rings is 1. The number of nitrogens with zero attached hydrogens (tertiary/aromatic N) is 1. The molecule has 0 aliphatic carbocycles. The van der Waals surface area contributed by atoms with Crippen molar-refractivity contribution in [2.45, 2.75) is 0 Å². The van der Waals surface area contributed by atoms with Gasteiger partial charge in [-0.2, -0.15) is 0 Å². The second-order valence-corrected chi connectivity index (χ2v) is 6.21. The Balaban J connectivity index is 1.91. The predicted molar refractivity (Wildman–Crippen MR) is 106 cm³/mol. The maximum Gasteiger partial charge on any atom is 0.166 e. The highest BCUT2D eigenvalue weighted by Crippen LogP contribution is 2.32. The van der Waals surface area contributed by atoms with E-state index in [4.69, 9.17) is 5.41 Å². The van der Waals surface area contributed by atoms with Gasteiger partial charge < -0.3 is 15.5 Å². The monoisotopic (exact) mass is 375 g/mol. The van der Waals surface area contributed by atoms with Crippen LogP contribution in [-0.2, 0) is 0 Å². The first-order chi connectivity index (χ1) is 13.6. The summed E-state index contributed by atoms with van der Waals surface area (Å²) in [5.74, 6) is -2.45. The molecule has 0 amide bonds. The van der Waals surface area contributed by atoms with E-state index in [0.717, 1.165) is 28.9 Å². The highest BCUT2D eigenvalue weighted by molar-refractivity contribution is 6.18. The molecular formula is C22H15F2N3O. The first-order valence-electron chi connectivity index (χ1n) is 8.50. The van der Waals surface area contributed by atoms with Crippen LogP contribution in [-0.4, -0.2) is 21.3 Å². The van der Waals surface area contributed by atoms with E-state index in [9.17, 15) is 13.9 Å². The van der Waals surface area contributed by atoms with Gasteiger partial charge in [-0.3, -0.25) is 4.98 Å². The minimum atomic E-state index is -1.11. The van der Waals surface area contributed by atoms with Gasteiger partial charge in [-0.05, 0) is 41.5 Å². The second kappa shape index (κ2) is 7.08. The molecule has 4 aromatic rings. The highest BCUT2D eigenvalue weighted by Gasteiger charge is 2.18. The van der Waals surface area contributed by atoms with Gasteiger partial charge in [-0.15, -0.1) is 0 Å². The van der Waals surface area contributed by atoms with E-state index in [1.165, 1.54) is 12.1 Å². The van der Waals surface area contributed by atoms with E-state index in [0.29, 0.717) is 10.9 Å². The third-order valence-corrected chi connectivity index (χ3v) is 4.59. The maximum absolute atomic E-state index is 14.2. The summed E-state index contributed by atoms with van der Waals surface area (Å²) >= 11 is 0. The van der Waals surface area contributed by atoms with Gasteiger partial charge in [0, 0.05) is 52.4 Å². The second-order valence-electron chi connectivity index (χ2n) is 6.21. The van der Waals surface area contributed by atoms with Gasteiger partial charge in [0.15, 0.2) is 11.6 Å². The summed E-state index contributed by atoms with van der Waals surface area (Å²) < 4.78 is 27.8. The minimum absolute atomic E-state index is 0.104. The predicted octanol–water partition coefficient (Wildman–Crippen LogP) is 5.58. The third-order valence-electron chi connectivity index (χ3n) is 4.59. The largest absolute Gasteiger partial charge is 0.507 e. The van der Waals surface area contributed by atoms with Crippen molar-refractivity contribution in [1.29, 1.82) is 5.41 Å². The number of allylic oxidation sites excluding steroid dienone is 1. The van der Waals surface area contributed by atoms with Crippen molar-refractivity contribution in [2.24, 2.45) is 0 Å². The molecule has 0 bridgehead atoms. The number of fused-ring (bicyclic) bond motifs is 1. The molecule has 6 heteroatoms. The van der Waals surface area contributed by atoms with Crippen LogP contribution in [0.4, 0.5) is 8.78 Å². The van der Waals surface area contributed by atoms with E-state index in [2.05, 4.69) is 9.97 Å². The molecule has 0 unspecified atom stereocenters. The molecule has 0 fully saturated rings. The van der Waals surface area contributed by atoms with E-state index in [1.54, 1.807) is 18.6 Å². The maximum atomic E-state index is 14.2. The van der Waals surface area contributed by atoms with Crippen LogP contribution in [0.2, 0.25) is 0 Å². The summed E-state index contributed by atoms with van der Waals surface area (Å²) in [6, 6.07) is 13.1. The molecule has 0 radical (unpaired) electrons. The van der Waals surface area contributed by atoms with Crippen molar-refractivity contribution >= 4 is 28.4 Å². The number of nitrogens with one attached hydrogen (secondary N) is 2. The molecular weight excluding hydrogens is 360 g/mol.